The van der Waals surface area contributed by atoms with Gasteiger partial charge in [0.1, 0.15) is 10.7 Å². The van der Waals surface area contributed by atoms with E-state index in [9.17, 15) is 4.79 Å². The highest BCUT2D eigenvalue weighted by Crippen LogP contribution is 2.35. The van der Waals surface area contributed by atoms with E-state index in [4.69, 9.17) is 9.72 Å². The van der Waals surface area contributed by atoms with Gasteiger partial charge in [-0.2, -0.15) is 0 Å². The molecule has 1 aliphatic carbocycles. The molecule has 1 aliphatic rings. The molecule has 0 N–H and O–H groups in total. The normalized spacial score (nSPS) is 13.6. The van der Waals surface area contributed by atoms with E-state index in [0.29, 0.717) is 13.2 Å². The maximum atomic E-state index is 13.2. The molecule has 124 valence electrons. The second-order valence-electron chi connectivity index (χ2n) is 6.29. The van der Waals surface area contributed by atoms with E-state index in [0.717, 1.165) is 46.4 Å². The van der Waals surface area contributed by atoms with Gasteiger partial charge in [-0.15, -0.1) is 11.3 Å². The van der Waals surface area contributed by atoms with Crippen molar-refractivity contribution in [1.29, 1.82) is 0 Å². The molecule has 0 unspecified atom stereocenters. The third-order valence-corrected chi connectivity index (χ3v) is 5.81. The number of ether oxygens (including phenoxy) is 1. The summed E-state index contributed by atoms with van der Waals surface area (Å²) < 4.78 is 7.00. The van der Waals surface area contributed by atoms with Crippen LogP contribution in [-0.4, -0.2) is 23.3 Å². The molecule has 5 heteroatoms. The number of benzene rings is 1. The molecular formula is C19H20N2O2S. The zero-order valence-corrected chi connectivity index (χ0v) is 14.8. The number of methoxy groups -OCH3 is 1. The molecule has 2 aromatic heterocycles. The van der Waals surface area contributed by atoms with Crippen LogP contribution in [0.5, 0.6) is 0 Å². The van der Waals surface area contributed by atoms with E-state index in [1.807, 2.05) is 12.1 Å². The van der Waals surface area contributed by atoms with Crippen LogP contribution in [0.1, 0.15) is 22.4 Å². The Morgan fingerprint density at radius 2 is 2.21 bits per heavy atom. The molecule has 0 saturated carbocycles. The van der Waals surface area contributed by atoms with Crippen molar-refractivity contribution in [2.24, 2.45) is 0 Å². The summed E-state index contributed by atoms with van der Waals surface area (Å²) in [6.07, 6.45) is 3.22. The van der Waals surface area contributed by atoms with Gasteiger partial charge in [0.25, 0.3) is 5.56 Å². The zero-order valence-electron chi connectivity index (χ0n) is 14.0. The van der Waals surface area contributed by atoms with Gasteiger partial charge in [-0.1, -0.05) is 23.8 Å². The van der Waals surface area contributed by atoms with Crippen molar-refractivity contribution in [3.63, 3.8) is 0 Å². The number of fused-ring (bicyclic) bond motifs is 3. The van der Waals surface area contributed by atoms with Gasteiger partial charge in [0.05, 0.1) is 18.5 Å². The largest absolute Gasteiger partial charge is 0.383 e. The molecule has 0 aliphatic heterocycles. The average Bonchev–Trinajstić information content (AvgIpc) is 3.14. The van der Waals surface area contributed by atoms with Crippen LogP contribution in [0, 0.1) is 6.92 Å². The summed E-state index contributed by atoms with van der Waals surface area (Å²) in [4.78, 5) is 20.3. The highest BCUT2D eigenvalue weighted by atomic mass is 32.1. The van der Waals surface area contributed by atoms with Crippen LogP contribution in [0.3, 0.4) is 0 Å². The molecule has 0 radical (unpaired) electrons. The van der Waals surface area contributed by atoms with E-state index in [1.165, 1.54) is 10.4 Å². The molecule has 0 amide bonds. The van der Waals surface area contributed by atoms with Crippen LogP contribution in [-0.2, 0) is 24.1 Å². The lowest BCUT2D eigenvalue weighted by molar-refractivity contribution is 0.186. The van der Waals surface area contributed by atoms with Gasteiger partial charge in [-0.05, 0) is 37.8 Å². The summed E-state index contributed by atoms with van der Waals surface area (Å²) >= 11 is 1.69. The Morgan fingerprint density at radius 3 is 3.00 bits per heavy atom. The van der Waals surface area contributed by atoms with E-state index in [1.54, 1.807) is 23.0 Å². The van der Waals surface area contributed by atoms with Crippen molar-refractivity contribution >= 4 is 21.6 Å². The van der Waals surface area contributed by atoms with Crippen molar-refractivity contribution in [1.82, 2.24) is 9.55 Å². The Kier molecular flexibility index (Phi) is 3.98. The van der Waals surface area contributed by atoms with E-state index >= 15 is 0 Å². The van der Waals surface area contributed by atoms with Crippen molar-refractivity contribution in [2.45, 2.75) is 32.7 Å². The summed E-state index contributed by atoms with van der Waals surface area (Å²) in [7, 11) is 1.66. The minimum atomic E-state index is 0.0768. The molecule has 0 spiro atoms. The lowest BCUT2D eigenvalue weighted by Gasteiger charge is -2.13. The minimum Gasteiger partial charge on any atom is -0.383 e. The highest BCUT2D eigenvalue weighted by Gasteiger charge is 2.23. The molecule has 0 fully saturated rings. The second-order valence-corrected chi connectivity index (χ2v) is 7.38. The van der Waals surface area contributed by atoms with Gasteiger partial charge < -0.3 is 4.74 Å². The molecule has 0 saturated heterocycles. The fourth-order valence-corrected chi connectivity index (χ4v) is 4.72. The molecule has 4 nitrogen and oxygen atoms in total. The molecule has 1 aromatic carbocycles. The lowest BCUT2D eigenvalue weighted by Crippen LogP contribution is -2.25. The van der Waals surface area contributed by atoms with Crippen LogP contribution in [0.2, 0.25) is 0 Å². The summed E-state index contributed by atoms with van der Waals surface area (Å²) in [5.41, 5.74) is 3.45. The molecule has 0 bridgehead atoms. The molecule has 0 atom stereocenters. The summed E-state index contributed by atoms with van der Waals surface area (Å²) in [5.74, 6) is 0.744. The maximum absolute atomic E-state index is 13.2. The van der Waals surface area contributed by atoms with Gasteiger partial charge in [0.2, 0.25) is 0 Å². The predicted octanol–water partition coefficient (Wildman–Crippen LogP) is 3.57. The standard InChI is InChI=1S/C19H20N2O2S/c1-12-5-3-6-13(11-12)17-20-18-16(14-7-4-8-15(14)24-18)19(22)21(17)9-10-23-2/h3,5-6,11H,4,7-10H2,1-2H3. The Labute approximate surface area is 144 Å². The van der Waals surface area contributed by atoms with E-state index in [2.05, 4.69) is 19.1 Å². The first-order valence-electron chi connectivity index (χ1n) is 8.30. The van der Waals surface area contributed by atoms with Crippen molar-refractivity contribution < 1.29 is 4.74 Å². The number of rotatable bonds is 4. The molecule has 2 heterocycles. The van der Waals surface area contributed by atoms with Gasteiger partial charge in [0.15, 0.2) is 0 Å². The number of nitrogens with zero attached hydrogens (tertiary/aromatic N) is 2. The lowest BCUT2D eigenvalue weighted by atomic mass is 10.1. The Morgan fingerprint density at radius 1 is 1.33 bits per heavy atom. The fraction of sp³-hybridized carbons (Fsp3) is 0.368. The zero-order chi connectivity index (χ0) is 16.7. The number of hydrogen-bond donors (Lipinski definition) is 0. The second kappa shape index (κ2) is 6.15. The Bertz CT molecular complexity index is 971. The third-order valence-electron chi connectivity index (χ3n) is 4.62. The SMILES string of the molecule is COCCn1c(-c2cccc(C)c2)nc2sc3c(c2c1=O)CCC3. The quantitative estimate of drug-likeness (QED) is 0.729. The van der Waals surface area contributed by atoms with Crippen LogP contribution in [0.4, 0.5) is 0 Å². The maximum Gasteiger partial charge on any atom is 0.262 e. The van der Waals surface area contributed by atoms with Crippen molar-refractivity contribution in [2.75, 3.05) is 13.7 Å². The molecule has 3 aromatic rings. The molecule has 24 heavy (non-hydrogen) atoms. The van der Waals surface area contributed by atoms with Crippen molar-refractivity contribution in [3.05, 3.63) is 50.6 Å². The summed E-state index contributed by atoms with van der Waals surface area (Å²) in [5, 5.41) is 0.833. The first kappa shape index (κ1) is 15.5. The Balaban J connectivity index is 1.99. The number of hydrogen-bond acceptors (Lipinski definition) is 4. The molecule has 4 rings (SSSR count). The minimum absolute atomic E-state index is 0.0768. The predicted molar refractivity (Wildman–Crippen MR) is 98.0 cm³/mol. The third kappa shape index (κ3) is 2.48. The number of aromatic nitrogens is 2. The van der Waals surface area contributed by atoms with E-state index < -0.39 is 0 Å². The van der Waals surface area contributed by atoms with E-state index in [-0.39, 0.29) is 5.56 Å². The topological polar surface area (TPSA) is 44.1 Å². The Hall–Kier alpha value is -1.98. The van der Waals surface area contributed by atoms with Crippen LogP contribution in [0.15, 0.2) is 29.1 Å². The van der Waals surface area contributed by atoms with Crippen LogP contribution in [0.25, 0.3) is 21.6 Å². The first-order valence-corrected chi connectivity index (χ1v) is 9.11. The van der Waals surface area contributed by atoms with Gasteiger partial charge in [-0.25, -0.2) is 4.98 Å². The summed E-state index contributed by atoms with van der Waals surface area (Å²) in [6, 6.07) is 8.17. The van der Waals surface area contributed by atoms with Gasteiger partial charge >= 0.3 is 0 Å². The fourth-order valence-electron chi connectivity index (χ4n) is 3.47. The number of aryl methyl sites for hydroxylation is 3. The average molecular weight is 340 g/mol. The monoisotopic (exact) mass is 340 g/mol. The first-order chi connectivity index (χ1) is 11.7. The van der Waals surface area contributed by atoms with Gasteiger partial charge in [0, 0.05) is 17.6 Å². The summed E-state index contributed by atoms with van der Waals surface area (Å²) in [6.45, 7) is 3.07. The van der Waals surface area contributed by atoms with Crippen molar-refractivity contribution in [3.8, 4) is 11.4 Å². The van der Waals surface area contributed by atoms with Crippen LogP contribution < -0.4 is 5.56 Å². The number of thiophene rings is 1. The molecular weight excluding hydrogens is 320 g/mol. The smallest absolute Gasteiger partial charge is 0.262 e. The van der Waals surface area contributed by atoms with Gasteiger partial charge in [-0.3, -0.25) is 9.36 Å². The van der Waals surface area contributed by atoms with Crippen LogP contribution >= 0.6 is 11.3 Å². The highest BCUT2D eigenvalue weighted by molar-refractivity contribution is 7.18.